The molecule has 0 spiro atoms. The second kappa shape index (κ2) is 16.6. The summed E-state index contributed by atoms with van der Waals surface area (Å²) in [5.74, 6) is -1.77. The van der Waals surface area contributed by atoms with E-state index in [1.165, 1.54) is 0 Å². The Bertz CT molecular complexity index is 788. The molecule has 10 unspecified atom stereocenters. The Morgan fingerprint density at radius 2 is 0.892 bits per heavy atom. The van der Waals surface area contributed by atoms with Gasteiger partial charge in [0.25, 0.3) is 20.2 Å². The second-order valence-electron chi connectivity index (χ2n) is 8.27. The van der Waals surface area contributed by atoms with E-state index in [9.17, 15) is 47.5 Å². The number of aliphatic hydroxyl groups excluding tert-OH is 6. The number of hydrogen-bond donors (Lipinski definition) is 8. The van der Waals surface area contributed by atoms with Gasteiger partial charge < -0.3 is 49.6 Å². The maximum Gasteiger partial charge on any atom is 0.267 e. The maximum atomic E-state index is 10.7. The van der Waals surface area contributed by atoms with Crippen LogP contribution in [0.15, 0.2) is 0 Å². The Hall–Kier alpha value is 0.420. The van der Waals surface area contributed by atoms with Gasteiger partial charge in [-0.1, -0.05) is 13.8 Å². The summed E-state index contributed by atoms with van der Waals surface area (Å²) >= 11 is 0. The van der Waals surface area contributed by atoms with Crippen molar-refractivity contribution < 1.29 is 75.5 Å². The standard InChI is InChI=1S/2C9H18O8S.Na/c2*1-2-3-16-9-8(12)7(11)6(10)5(17-9)4-18(13,14)15;/h2*5-12H,2-4H2,1H3,(H,13,14,15);. The Kier molecular flexibility index (Phi) is 16.8. The van der Waals surface area contributed by atoms with Gasteiger partial charge in [0, 0.05) is 42.8 Å². The first kappa shape index (κ1) is 37.4. The van der Waals surface area contributed by atoms with E-state index in [1.807, 2.05) is 13.8 Å². The summed E-state index contributed by atoms with van der Waals surface area (Å²) < 4.78 is 80.6. The van der Waals surface area contributed by atoms with Gasteiger partial charge in [0.05, 0.1) is 0 Å². The van der Waals surface area contributed by atoms with Crippen LogP contribution in [0.5, 0.6) is 0 Å². The Morgan fingerprint density at radius 3 is 1.14 bits per heavy atom. The summed E-state index contributed by atoms with van der Waals surface area (Å²) in [5.41, 5.74) is 0. The van der Waals surface area contributed by atoms with Crippen molar-refractivity contribution in [1.29, 1.82) is 0 Å². The quantitative estimate of drug-likeness (QED) is 0.0879. The van der Waals surface area contributed by atoms with Gasteiger partial charge in [0.2, 0.25) is 0 Å². The van der Waals surface area contributed by atoms with Gasteiger partial charge in [-0.2, -0.15) is 16.8 Å². The molecule has 8 N–H and O–H groups in total. The zero-order valence-electron chi connectivity index (χ0n) is 20.7. The van der Waals surface area contributed by atoms with Crippen LogP contribution in [0.3, 0.4) is 0 Å². The first-order chi connectivity index (χ1) is 16.5. The molecule has 2 rings (SSSR count). The molecule has 2 aliphatic heterocycles. The van der Waals surface area contributed by atoms with Crippen LogP contribution in [0, 0.1) is 0 Å². The fraction of sp³-hybridized carbons (Fsp3) is 1.00. The van der Waals surface area contributed by atoms with Gasteiger partial charge in [0.15, 0.2) is 12.6 Å². The molecule has 0 aromatic rings. The molecule has 19 heteroatoms. The smallest absolute Gasteiger partial charge is 0.267 e. The molecule has 2 aliphatic rings. The monoisotopic (exact) mass is 595 g/mol. The van der Waals surface area contributed by atoms with E-state index in [4.69, 9.17) is 28.1 Å². The van der Waals surface area contributed by atoms with Crippen molar-refractivity contribution in [1.82, 2.24) is 0 Å². The largest absolute Gasteiger partial charge is 0.388 e. The number of aliphatic hydroxyl groups is 6. The maximum absolute atomic E-state index is 10.7. The van der Waals surface area contributed by atoms with Crippen LogP contribution >= 0.6 is 0 Å². The van der Waals surface area contributed by atoms with Crippen molar-refractivity contribution in [3.8, 4) is 0 Å². The summed E-state index contributed by atoms with van der Waals surface area (Å²) in [5, 5.41) is 57.3. The van der Waals surface area contributed by atoms with Crippen LogP contribution in [-0.2, 0) is 39.2 Å². The summed E-state index contributed by atoms with van der Waals surface area (Å²) in [6, 6.07) is 0. The summed E-state index contributed by atoms with van der Waals surface area (Å²) in [6.07, 6.45) is -13.4. The average molecular weight is 596 g/mol. The Morgan fingerprint density at radius 1 is 0.595 bits per heavy atom. The van der Waals surface area contributed by atoms with Gasteiger partial charge in [0.1, 0.15) is 60.3 Å². The molecule has 0 aromatic carbocycles. The Balaban J connectivity index is 0.000000682. The SMILES string of the molecule is CCCOC1OC(CS(=O)(=O)O)C(O)C(O)C1O.CCCOC1OC(CS(=O)(=O)O)C(O)C(O)C1O.[Na]. The third-order valence-corrected chi connectivity index (χ3v) is 6.56. The molecule has 0 aromatic heterocycles. The normalized spacial score (nSPS) is 36.7. The molecule has 10 atom stereocenters. The Labute approximate surface area is 237 Å². The van der Waals surface area contributed by atoms with Gasteiger partial charge in [-0.3, -0.25) is 9.11 Å². The number of rotatable bonds is 10. The minimum atomic E-state index is -4.37. The molecule has 2 fully saturated rings. The van der Waals surface area contributed by atoms with Crippen LogP contribution in [-0.4, -0.2) is 172 Å². The van der Waals surface area contributed by atoms with Crippen molar-refractivity contribution in [2.75, 3.05) is 24.7 Å². The summed E-state index contributed by atoms with van der Waals surface area (Å²) in [4.78, 5) is 0. The van der Waals surface area contributed by atoms with Crippen LogP contribution < -0.4 is 0 Å². The third-order valence-electron chi connectivity index (χ3n) is 5.06. The van der Waals surface area contributed by atoms with Crippen molar-refractivity contribution in [3.05, 3.63) is 0 Å². The first-order valence-corrected chi connectivity index (χ1v) is 14.3. The molecule has 0 amide bonds. The van der Waals surface area contributed by atoms with E-state index < -0.39 is 93.2 Å². The van der Waals surface area contributed by atoms with Crippen LogP contribution in [0.1, 0.15) is 26.7 Å². The molecule has 0 saturated carbocycles. The molecule has 16 nitrogen and oxygen atoms in total. The van der Waals surface area contributed by atoms with Crippen molar-refractivity contribution >= 4 is 49.8 Å². The van der Waals surface area contributed by atoms with Crippen molar-refractivity contribution in [2.45, 2.75) is 88.1 Å². The fourth-order valence-corrected chi connectivity index (χ4v) is 4.65. The molecular formula is C18H36NaO16S2. The fourth-order valence-electron chi connectivity index (χ4n) is 3.27. The minimum absolute atomic E-state index is 0. The van der Waals surface area contributed by atoms with Crippen LogP contribution in [0.2, 0.25) is 0 Å². The molecule has 0 bridgehead atoms. The van der Waals surface area contributed by atoms with Gasteiger partial charge in [-0.25, -0.2) is 0 Å². The van der Waals surface area contributed by atoms with Crippen molar-refractivity contribution in [2.24, 2.45) is 0 Å². The molecule has 2 heterocycles. The molecule has 0 aliphatic carbocycles. The van der Waals surface area contributed by atoms with Gasteiger partial charge in [-0.15, -0.1) is 0 Å². The average Bonchev–Trinajstić information content (AvgIpc) is 2.77. The molecule has 1 radical (unpaired) electrons. The van der Waals surface area contributed by atoms with Crippen LogP contribution in [0.4, 0.5) is 0 Å². The number of ether oxygens (including phenoxy) is 4. The van der Waals surface area contributed by atoms with E-state index in [0.717, 1.165) is 0 Å². The first-order valence-electron chi connectivity index (χ1n) is 11.0. The molecule has 37 heavy (non-hydrogen) atoms. The molecule has 217 valence electrons. The van der Waals surface area contributed by atoms with Crippen molar-refractivity contribution in [3.63, 3.8) is 0 Å². The topological polar surface area (TPSA) is 267 Å². The number of hydrogen-bond acceptors (Lipinski definition) is 14. The summed E-state index contributed by atoms with van der Waals surface area (Å²) in [7, 11) is -8.75. The zero-order chi connectivity index (χ0) is 27.8. The second-order valence-corrected chi connectivity index (χ2v) is 11.3. The molecular weight excluding hydrogens is 559 g/mol. The summed E-state index contributed by atoms with van der Waals surface area (Å²) in [6.45, 7) is 4.11. The van der Waals surface area contributed by atoms with E-state index in [1.54, 1.807) is 0 Å². The zero-order valence-corrected chi connectivity index (χ0v) is 24.3. The van der Waals surface area contributed by atoms with Crippen LogP contribution in [0.25, 0.3) is 0 Å². The predicted molar refractivity (Wildman–Crippen MR) is 124 cm³/mol. The van der Waals surface area contributed by atoms with E-state index in [-0.39, 0.29) is 42.8 Å². The van der Waals surface area contributed by atoms with E-state index in [0.29, 0.717) is 12.8 Å². The third kappa shape index (κ3) is 12.6. The van der Waals surface area contributed by atoms with E-state index in [2.05, 4.69) is 0 Å². The predicted octanol–water partition coefficient (Wildman–Crippen LogP) is -4.16. The van der Waals surface area contributed by atoms with Gasteiger partial charge in [-0.05, 0) is 12.8 Å². The minimum Gasteiger partial charge on any atom is -0.388 e. The molecule has 2 saturated heterocycles. The van der Waals surface area contributed by atoms with E-state index >= 15 is 0 Å². The van der Waals surface area contributed by atoms with Gasteiger partial charge >= 0.3 is 0 Å².